The van der Waals surface area contributed by atoms with Crippen molar-refractivity contribution in [3.05, 3.63) is 135 Å². The van der Waals surface area contributed by atoms with E-state index in [2.05, 4.69) is 204 Å². The van der Waals surface area contributed by atoms with Crippen molar-refractivity contribution in [3.8, 4) is 22.3 Å². The summed E-state index contributed by atoms with van der Waals surface area (Å²) >= 11 is -0.826. The molecule has 6 aromatic carbocycles. The van der Waals surface area contributed by atoms with Gasteiger partial charge in [-0.3, -0.25) is 0 Å². The number of fused-ring (bicyclic) bond motifs is 2. The van der Waals surface area contributed by atoms with E-state index in [1.165, 1.54) is 99.4 Å². The van der Waals surface area contributed by atoms with Crippen LogP contribution in [0.25, 0.3) is 43.8 Å². The summed E-state index contributed by atoms with van der Waals surface area (Å²) in [7, 11) is 9.87. The van der Waals surface area contributed by atoms with Gasteiger partial charge in [-0.1, -0.05) is 182 Å². The number of hydrogen-bond acceptors (Lipinski definition) is 0. The molecule has 6 rings (SSSR count). The maximum atomic E-state index is 4.93. The van der Waals surface area contributed by atoms with E-state index in [0.717, 1.165) is 12.8 Å². The Hall–Kier alpha value is -2.44. The van der Waals surface area contributed by atoms with Crippen molar-refractivity contribution in [1.29, 1.82) is 0 Å². The summed E-state index contributed by atoms with van der Waals surface area (Å²) in [4.78, 5) is 0. The standard InChI is InChI=1S/2C27H35.C2H5.2ClH.Zr/c2*1-10-19-12-23-17(2)11-18(3)25(24(23)13-19)20-14-21(26(4,5)6)16-22(15-20)27(7,8)9;1-2;;;/h2*11-16H,10H2,1-9H3;1H2,2H3;2*1H;/q3*-1;;;+2/p-2. The van der Waals surface area contributed by atoms with E-state index in [4.69, 9.17) is 17.0 Å². The Kier molecular flexibility index (Phi) is 17.4. The zero-order valence-corrected chi connectivity index (χ0v) is 44.3. The van der Waals surface area contributed by atoms with Crippen LogP contribution in [0.1, 0.15) is 159 Å². The minimum absolute atomic E-state index is 0.133. The maximum absolute atomic E-state index is 4.93. The molecule has 0 N–H and O–H groups in total. The van der Waals surface area contributed by atoms with Gasteiger partial charge in [0.25, 0.3) is 0 Å². The van der Waals surface area contributed by atoms with Gasteiger partial charge in [0, 0.05) is 0 Å². The molecule has 320 valence electrons. The Morgan fingerprint density at radius 1 is 0.441 bits per heavy atom. The SMILES string of the molecule is CCc1cc2c(-c3cc(C(C)(C)C)cc(C(C)(C)C)c3)c(C)cc(C)c2[cH-]1.CCc1cc2c(-c3cc(C(C)(C)C)cc(C(C)(C)C)c3)c(C)cc(C)c2[cH-]1.[CH2-]C.[Cl][Zr][Cl]. The van der Waals surface area contributed by atoms with Crippen LogP contribution in [0.5, 0.6) is 0 Å². The van der Waals surface area contributed by atoms with Crippen LogP contribution < -0.4 is 0 Å². The third kappa shape index (κ3) is 12.4. The van der Waals surface area contributed by atoms with E-state index in [0.29, 0.717) is 0 Å². The number of aryl methyl sites for hydroxylation is 6. The molecular weight excluding hydrogens is 835 g/mol. The van der Waals surface area contributed by atoms with Crippen LogP contribution in [0.3, 0.4) is 0 Å². The van der Waals surface area contributed by atoms with Crippen LogP contribution in [0.2, 0.25) is 0 Å². The van der Waals surface area contributed by atoms with Gasteiger partial charge < -0.3 is 6.92 Å². The molecular formula is C56H75Cl2Zr-3. The van der Waals surface area contributed by atoms with E-state index < -0.39 is 20.8 Å². The van der Waals surface area contributed by atoms with Crippen molar-refractivity contribution in [2.45, 2.75) is 166 Å². The second-order valence-corrected chi connectivity index (χ2v) is 24.3. The third-order valence-electron chi connectivity index (χ3n) is 11.7. The molecule has 3 heteroatoms. The molecule has 0 bridgehead atoms. The van der Waals surface area contributed by atoms with Gasteiger partial charge in [0.05, 0.1) is 0 Å². The topological polar surface area (TPSA) is 0 Å². The Morgan fingerprint density at radius 3 is 0.915 bits per heavy atom. The van der Waals surface area contributed by atoms with Crippen LogP contribution in [0, 0.1) is 34.6 Å². The average molecular weight is 910 g/mol. The fraction of sp³-hybridized carbons (Fsp3) is 0.446. The van der Waals surface area contributed by atoms with E-state index in [1.807, 2.05) is 0 Å². The number of benzene rings is 4. The quantitative estimate of drug-likeness (QED) is 0.155. The van der Waals surface area contributed by atoms with Gasteiger partial charge in [-0.2, -0.15) is 19.1 Å². The molecule has 0 nitrogen and oxygen atoms in total. The third-order valence-corrected chi connectivity index (χ3v) is 11.7. The summed E-state index contributed by atoms with van der Waals surface area (Å²) in [6.45, 7) is 46.3. The number of hydrogen-bond donors (Lipinski definition) is 0. The van der Waals surface area contributed by atoms with Crippen molar-refractivity contribution in [1.82, 2.24) is 0 Å². The molecule has 0 aliphatic carbocycles. The van der Waals surface area contributed by atoms with Crippen LogP contribution >= 0.6 is 17.0 Å². The zero-order chi connectivity index (χ0) is 45.0. The summed E-state index contributed by atoms with van der Waals surface area (Å²) < 4.78 is 0. The second-order valence-electron chi connectivity index (χ2n) is 20.5. The monoisotopic (exact) mass is 907 g/mol. The molecule has 0 saturated heterocycles. The van der Waals surface area contributed by atoms with Crippen molar-refractivity contribution < 1.29 is 20.8 Å². The Labute approximate surface area is 380 Å². The summed E-state index contributed by atoms with van der Waals surface area (Å²) in [5.41, 5.74) is 20.1. The zero-order valence-electron chi connectivity index (χ0n) is 40.3. The fourth-order valence-corrected chi connectivity index (χ4v) is 8.03. The molecule has 0 heterocycles. The molecule has 0 radical (unpaired) electrons. The summed E-state index contributed by atoms with van der Waals surface area (Å²) in [5, 5.41) is 5.64. The molecule has 0 aliphatic rings. The first kappa shape index (κ1) is 50.9. The molecule has 0 amide bonds. The normalized spacial score (nSPS) is 12.0. The van der Waals surface area contributed by atoms with Gasteiger partial charge in [-0.05, 0) is 81.7 Å². The first-order valence-corrected chi connectivity index (χ1v) is 28.0. The molecule has 6 aromatic rings. The van der Waals surface area contributed by atoms with Crippen molar-refractivity contribution in [2.24, 2.45) is 0 Å². The van der Waals surface area contributed by atoms with Gasteiger partial charge >= 0.3 is 37.9 Å². The van der Waals surface area contributed by atoms with Gasteiger partial charge in [-0.15, -0.1) is 55.9 Å². The summed E-state index contributed by atoms with van der Waals surface area (Å²) in [5.74, 6) is 0. The average Bonchev–Trinajstić information content (AvgIpc) is 3.77. The van der Waals surface area contributed by atoms with Crippen molar-refractivity contribution in [2.75, 3.05) is 0 Å². The first-order valence-electron chi connectivity index (χ1n) is 21.6. The predicted octanol–water partition coefficient (Wildman–Crippen LogP) is 18.2. The van der Waals surface area contributed by atoms with Gasteiger partial charge in [0.2, 0.25) is 0 Å². The van der Waals surface area contributed by atoms with Crippen LogP contribution in [-0.2, 0) is 55.3 Å². The molecule has 0 saturated carbocycles. The van der Waals surface area contributed by atoms with E-state index in [9.17, 15) is 0 Å². The van der Waals surface area contributed by atoms with E-state index in [-0.39, 0.29) is 21.7 Å². The van der Waals surface area contributed by atoms with Crippen molar-refractivity contribution in [3.63, 3.8) is 0 Å². The van der Waals surface area contributed by atoms with Crippen LogP contribution in [0.15, 0.2) is 72.8 Å². The molecule has 0 fully saturated rings. The molecule has 0 aromatic heterocycles. The summed E-state index contributed by atoms with van der Waals surface area (Å²) in [6, 6.07) is 28.8. The van der Waals surface area contributed by atoms with Gasteiger partial charge in [0.15, 0.2) is 0 Å². The number of halogens is 2. The molecule has 0 unspecified atom stereocenters. The molecule has 59 heavy (non-hydrogen) atoms. The molecule has 0 atom stereocenters. The second kappa shape index (κ2) is 20.2. The van der Waals surface area contributed by atoms with E-state index >= 15 is 0 Å². The fourth-order valence-electron chi connectivity index (χ4n) is 8.03. The van der Waals surface area contributed by atoms with Gasteiger partial charge in [-0.25, -0.2) is 0 Å². The Balaban J connectivity index is 0.000000285. The van der Waals surface area contributed by atoms with Crippen molar-refractivity contribution >= 4 is 38.6 Å². The number of rotatable bonds is 4. The van der Waals surface area contributed by atoms with E-state index in [1.54, 1.807) is 6.92 Å². The molecule has 0 aliphatic heterocycles. The Bertz CT molecular complexity index is 2100. The molecule has 0 spiro atoms. The minimum atomic E-state index is -0.826. The van der Waals surface area contributed by atoms with Crippen LogP contribution in [-0.4, -0.2) is 0 Å². The van der Waals surface area contributed by atoms with Crippen LogP contribution in [0.4, 0.5) is 0 Å². The van der Waals surface area contributed by atoms with Gasteiger partial charge in [0.1, 0.15) is 0 Å². The summed E-state index contributed by atoms with van der Waals surface area (Å²) in [6.07, 6.45) is 2.17. The predicted molar refractivity (Wildman–Crippen MR) is 265 cm³/mol. The Morgan fingerprint density at radius 2 is 0.695 bits per heavy atom. The first-order chi connectivity index (χ1) is 27.2.